The van der Waals surface area contributed by atoms with Crippen molar-refractivity contribution in [2.75, 3.05) is 13.1 Å². The van der Waals surface area contributed by atoms with Crippen LogP contribution in [0.2, 0.25) is 0 Å². The molecule has 3 heterocycles. The fraction of sp³-hybridized carbons (Fsp3) is 0.250. The second-order valence-corrected chi connectivity index (χ2v) is 8.43. The zero-order valence-corrected chi connectivity index (χ0v) is 15.7. The van der Waals surface area contributed by atoms with Crippen LogP contribution in [0.1, 0.15) is 17.9 Å². The van der Waals surface area contributed by atoms with Gasteiger partial charge in [0.25, 0.3) is 0 Å². The van der Waals surface area contributed by atoms with Crippen LogP contribution in [0.15, 0.2) is 64.4 Å². The third-order valence-electron chi connectivity index (χ3n) is 5.16. The Morgan fingerprint density at radius 3 is 2.79 bits per heavy atom. The molecule has 0 bridgehead atoms. The number of hydrogen-bond acceptors (Lipinski definition) is 7. The number of nitrogens with zero attached hydrogens (tertiary/aromatic N) is 1. The summed E-state index contributed by atoms with van der Waals surface area (Å²) >= 11 is 0. The van der Waals surface area contributed by atoms with Crippen LogP contribution in [0, 0.1) is 0 Å². The van der Waals surface area contributed by atoms with Gasteiger partial charge in [-0.2, -0.15) is 8.42 Å². The molecule has 5 rings (SSSR count). The predicted molar refractivity (Wildman–Crippen MR) is 101 cm³/mol. The van der Waals surface area contributed by atoms with Crippen LogP contribution >= 0.6 is 0 Å². The van der Waals surface area contributed by atoms with E-state index in [9.17, 15) is 8.42 Å². The van der Waals surface area contributed by atoms with Crippen LogP contribution in [0.5, 0.6) is 11.5 Å². The molecule has 2 aliphatic rings. The Morgan fingerprint density at radius 2 is 2.00 bits per heavy atom. The highest BCUT2D eigenvalue weighted by Crippen LogP contribution is 2.43. The molecule has 2 aliphatic heterocycles. The number of nitrogens with one attached hydrogen (secondary N) is 1. The number of ether oxygens (including phenoxy) is 1. The molecule has 28 heavy (non-hydrogen) atoms. The van der Waals surface area contributed by atoms with Gasteiger partial charge in [0, 0.05) is 29.7 Å². The summed E-state index contributed by atoms with van der Waals surface area (Å²) in [6, 6.07) is 11.5. The standard InChI is InChI=1S/C20H18N2O5S/c23-28(24,15-4-1-13(2-5-15)19-10-22-12-25-19)27-14-3-6-16-17-7-8-21-11-20(17)26-18(16)9-14/h1-6,9-10,12,17,20-21H,7-8,11H2. The molecule has 0 aliphatic carbocycles. The van der Waals surface area contributed by atoms with Gasteiger partial charge in [-0.1, -0.05) is 6.07 Å². The van der Waals surface area contributed by atoms with E-state index < -0.39 is 10.1 Å². The van der Waals surface area contributed by atoms with Crippen molar-refractivity contribution < 1.29 is 21.8 Å². The topological polar surface area (TPSA) is 90.7 Å². The van der Waals surface area contributed by atoms with Crippen molar-refractivity contribution in [2.24, 2.45) is 0 Å². The third-order valence-corrected chi connectivity index (χ3v) is 6.42. The number of hydrogen-bond donors (Lipinski definition) is 1. The SMILES string of the molecule is O=S(=O)(Oc1ccc2c(c1)OC1CNCCC21)c1ccc(-c2cnco2)cc1. The summed E-state index contributed by atoms with van der Waals surface area (Å²) < 4.78 is 41.8. The number of oxazole rings is 1. The first-order chi connectivity index (χ1) is 13.6. The van der Waals surface area contributed by atoms with Crippen LogP contribution in [-0.2, 0) is 10.1 Å². The van der Waals surface area contributed by atoms with Gasteiger partial charge in [0.05, 0.1) is 6.20 Å². The minimum Gasteiger partial charge on any atom is -0.488 e. The Morgan fingerprint density at radius 1 is 1.14 bits per heavy atom. The lowest BCUT2D eigenvalue weighted by Gasteiger charge is -2.24. The molecule has 0 spiro atoms. The van der Waals surface area contributed by atoms with Crippen molar-refractivity contribution in [3.63, 3.8) is 0 Å². The Labute approximate surface area is 162 Å². The minimum atomic E-state index is -3.96. The van der Waals surface area contributed by atoms with Crippen LogP contribution in [0.4, 0.5) is 0 Å². The minimum absolute atomic E-state index is 0.0649. The van der Waals surface area contributed by atoms with E-state index in [4.69, 9.17) is 13.3 Å². The molecule has 3 aromatic rings. The van der Waals surface area contributed by atoms with Gasteiger partial charge in [0.2, 0.25) is 0 Å². The summed E-state index contributed by atoms with van der Waals surface area (Å²) in [5.74, 6) is 1.86. The lowest BCUT2D eigenvalue weighted by molar-refractivity contribution is 0.176. The van der Waals surface area contributed by atoms with Crippen molar-refractivity contribution >= 4 is 10.1 Å². The lowest BCUT2D eigenvalue weighted by Crippen LogP contribution is -2.39. The van der Waals surface area contributed by atoms with Crippen LogP contribution in [0.25, 0.3) is 11.3 Å². The third kappa shape index (κ3) is 3.04. The summed E-state index contributed by atoms with van der Waals surface area (Å²) in [6.45, 7) is 1.76. The zero-order chi connectivity index (χ0) is 19.1. The normalized spacial score (nSPS) is 20.9. The van der Waals surface area contributed by atoms with Gasteiger partial charge in [0.15, 0.2) is 12.2 Å². The van der Waals surface area contributed by atoms with Gasteiger partial charge in [-0.05, 0) is 43.3 Å². The van der Waals surface area contributed by atoms with Gasteiger partial charge in [-0.15, -0.1) is 0 Å². The quantitative estimate of drug-likeness (QED) is 0.676. The maximum absolute atomic E-state index is 12.6. The molecule has 1 fully saturated rings. The summed E-state index contributed by atoms with van der Waals surface area (Å²) in [4.78, 5) is 3.92. The molecule has 2 unspecified atom stereocenters. The van der Waals surface area contributed by atoms with E-state index in [0.717, 1.165) is 30.6 Å². The van der Waals surface area contributed by atoms with Crippen molar-refractivity contribution in [2.45, 2.75) is 23.3 Å². The van der Waals surface area contributed by atoms with E-state index in [1.807, 2.05) is 6.07 Å². The van der Waals surface area contributed by atoms with Crippen molar-refractivity contribution in [1.29, 1.82) is 0 Å². The Hall–Kier alpha value is -2.84. The number of benzene rings is 2. The Bertz CT molecular complexity index is 1090. The highest BCUT2D eigenvalue weighted by atomic mass is 32.2. The molecule has 7 nitrogen and oxygen atoms in total. The first-order valence-electron chi connectivity index (χ1n) is 9.05. The van der Waals surface area contributed by atoms with E-state index >= 15 is 0 Å². The number of aromatic nitrogens is 1. The van der Waals surface area contributed by atoms with E-state index in [2.05, 4.69) is 10.3 Å². The molecule has 144 valence electrons. The monoisotopic (exact) mass is 398 g/mol. The highest BCUT2D eigenvalue weighted by Gasteiger charge is 2.36. The molecule has 8 heteroatoms. The van der Waals surface area contributed by atoms with Crippen LogP contribution in [-0.4, -0.2) is 32.6 Å². The van der Waals surface area contributed by atoms with E-state index in [1.165, 1.54) is 18.5 Å². The average Bonchev–Trinajstić information content (AvgIpc) is 3.35. The first-order valence-corrected chi connectivity index (χ1v) is 10.5. The van der Waals surface area contributed by atoms with Crippen molar-refractivity contribution in [3.8, 4) is 22.8 Å². The molecule has 2 aromatic carbocycles. The lowest BCUT2D eigenvalue weighted by atomic mass is 9.90. The molecule has 0 radical (unpaired) electrons. The molecular formula is C20H18N2O5S. The molecule has 1 saturated heterocycles. The summed E-state index contributed by atoms with van der Waals surface area (Å²) in [5.41, 5.74) is 1.85. The summed E-state index contributed by atoms with van der Waals surface area (Å²) in [5, 5.41) is 3.32. The second-order valence-electron chi connectivity index (χ2n) is 6.88. The molecule has 1 aromatic heterocycles. The smallest absolute Gasteiger partial charge is 0.339 e. The van der Waals surface area contributed by atoms with E-state index in [0.29, 0.717) is 17.4 Å². The number of piperidine rings is 1. The van der Waals surface area contributed by atoms with Crippen LogP contribution < -0.4 is 14.2 Å². The zero-order valence-electron chi connectivity index (χ0n) is 14.9. The summed E-state index contributed by atoms with van der Waals surface area (Å²) in [7, 11) is -3.96. The van der Waals surface area contributed by atoms with E-state index in [1.54, 1.807) is 30.5 Å². The first kappa shape index (κ1) is 17.3. The van der Waals surface area contributed by atoms with Gasteiger partial charge in [-0.25, -0.2) is 4.98 Å². The fourth-order valence-corrected chi connectivity index (χ4v) is 4.69. The highest BCUT2D eigenvalue weighted by molar-refractivity contribution is 7.87. The maximum atomic E-state index is 12.6. The number of rotatable bonds is 4. The second kappa shape index (κ2) is 6.65. The Balaban J connectivity index is 1.37. The average molecular weight is 398 g/mol. The largest absolute Gasteiger partial charge is 0.488 e. The molecule has 2 atom stereocenters. The van der Waals surface area contributed by atoms with E-state index in [-0.39, 0.29) is 16.7 Å². The molecule has 1 N–H and O–H groups in total. The fourth-order valence-electron chi connectivity index (χ4n) is 3.77. The van der Waals surface area contributed by atoms with Crippen molar-refractivity contribution in [3.05, 3.63) is 60.6 Å². The van der Waals surface area contributed by atoms with Crippen molar-refractivity contribution in [1.82, 2.24) is 10.3 Å². The molecule has 0 amide bonds. The predicted octanol–water partition coefficient (Wildman–Crippen LogP) is 2.95. The van der Waals surface area contributed by atoms with Crippen LogP contribution in [0.3, 0.4) is 0 Å². The van der Waals surface area contributed by atoms with Gasteiger partial charge in [0.1, 0.15) is 22.5 Å². The molecular weight excluding hydrogens is 380 g/mol. The van der Waals surface area contributed by atoms with Gasteiger partial charge < -0.3 is 18.7 Å². The number of fused-ring (bicyclic) bond motifs is 3. The molecule has 0 saturated carbocycles. The summed E-state index contributed by atoms with van der Waals surface area (Å²) in [6.07, 6.45) is 4.00. The maximum Gasteiger partial charge on any atom is 0.339 e. The Kier molecular flexibility index (Phi) is 4.10. The van der Waals surface area contributed by atoms with Gasteiger partial charge >= 0.3 is 10.1 Å². The van der Waals surface area contributed by atoms with Gasteiger partial charge in [-0.3, -0.25) is 0 Å².